The molecule has 1 fully saturated rings. The summed E-state index contributed by atoms with van der Waals surface area (Å²) in [5, 5.41) is 12.7. The van der Waals surface area contributed by atoms with Crippen molar-refractivity contribution in [2.75, 3.05) is 13.1 Å². The number of alkyl halides is 3. The molecule has 32 heavy (non-hydrogen) atoms. The largest absolute Gasteiger partial charge is 0.492 e. The van der Waals surface area contributed by atoms with E-state index in [4.69, 9.17) is 4.42 Å². The Morgan fingerprint density at radius 2 is 2.00 bits per heavy atom. The predicted molar refractivity (Wildman–Crippen MR) is 112 cm³/mol. The zero-order chi connectivity index (χ0) is 22.5. The van der Waals surface area contributed by atoms with Crippen molar-refractivity contribution in [2.24, 2.45) is 0 Å². The lowest BCUT2D eigenvalue weighted by Gasteiger charge is -2.31. The van der Waals surface area contributed by atoms with E-state index in [-0.39, 0.29) is 11.3 Å². The molecule has 0 spiro atoms. The van der Waals surface area contributed by atoms with E-state index in [0.29, 0.717) is 24.6 Å². The van der Waals surface area contributed by atoms with Crippen molar-refractivity contribution in [3.05, 3.63) is 64.5 Å². The van der Waals surface area contributed by atoms with Crippen molar-refractivity contribution in [2.45, 2.75) is 24.9 Å². The summed E-state index contributed by atoms with van der Waals surface area (Å²) in [6.07, 6.45) is 0.738. The summed E-state index contributed by atoms with van der Waals surface area (Å²) < 4.78 is 47.2. The van der Waals surface area contributed by atoms with Crippen molar-refractivity contribution >= 4 is 22.9 Å². The van der Waals surface area contributed by atoms with Gasteiger partial charge in [0.2, 0.25) is 5.88 Å². The summed E-state index contributed by atoms with van der Waals surface area (Å²) in [6, 6.07) is 6.51. The Hall–Kier alpha value is -3.27. The quantitative estimate of drug-likeness (QED) is 0.444. The van der Waals surface area contributed by atoms with Crippen molar-refractivity contribution in [3.63, 3.8) is 0 Å². The first kappa shape index (κ1) is 20.6. The maximum atomic E-state index is 13.8. The van der Waals surface area contributed by atoms with Gasteiger partial charge in [-0.2, -0.15) is 13.2 Å². The molecule has 5 rings (SSSR count). The number of carbonyl (C=O) groups is 1. The van der Waals surface area contributed by atoms with Gasteiger partial charge in [0.1, 0.15) is 0 Å². The molecule has 1 saturated heterocycles. The normalized spacial score (nSPS) is 15.5. The third kappa shape index (κ3) is 3.54. The van der Waals surface area contributed by atoms with E-state index in [9.17, 15) is 23.1 Å². The van der Waals surface area contributed by atoms with Gasteiger partial charge >= 0.3 is 6.18 Å². The summed E-state index contributed by atoms with van der Waals surface area (Å²) in [6.45, 7) is 0.891. The third-order valence-corrected chi connectivity index (χ3v) is 6.82. The van der Waals surface area contributed by atoms with Crippen LogP contribution in [-0.2, 0) is 6.18 Å². The monoisotopic (exact) mass is 461 g/mol. The number of hydrogen-bond acceptors (Lipinski definition) is 5. The molecule has 0 saturated carbocycles. The van der Waals surface area contributed by atoms with E-state index in [2.05, 4.69) is 11.1 Å². The highest BCUT2D eigenvalue weighted by Gasteiger charge is 2.37. The van der Waals surface area contributed by atoms with E-state index in [1.165, 1.54) is 34.6 Å². The minimum absolute atomic E-state index is 0.182. The molecule has 0 unspecified atom stereocenters. The smallest absolute Gasteiger partial charge is 0.420 e. The minimum atomic E-state index is -4.72. The first-order valence-electron chi connectivity index (χ1n) is 10.0. The average molecular weight is 461 g/mol. The van der Waals surface area contributed by atoms with Crippen LogP contribution < -0.4 is 0 Å². The lowest BCUT2D eigenvalue weighted by molar-refractivity contribution is -0.136. The number of rotatable bonds is 3. The van der Waals surface area contributed by atoms with Gasteiger partial charge in [-0.15, -0.1) is 11.3 Å². The number of fused-ring (bicyclic) bond motifs is 1. The molecule has 1 aliphatic rings. The minimum Gasteiger partial charge on any atom is -0.492 e. The summed E-state index contributed by atoms with van der Waals surface area (Å²) in [5.41, 5.74) is -1.34. The Bertz CT molecular complexity index is 1260. The number of likely N-dealkylation sites (tertiary alicyclic amines) is 1. The van der Waals surface area contributed by atoms with E-state index in [1.54, 1.807) is 11.3 Å². The second kappa shape index (κ2) is 7.70. The van der Waals surface area contributed by atoms with Gasteiger partial charge in [0.25, 0.3) is 5.91 Å². The number of furan rings is 1. The van der Waals surface area contributed by atoms with Gasteiger partial charge in [-0.05, 0) is 42.3 Å². The van der Waals surface area contributed by atoms with E-state index in [1.807, 2.05) is 11.4 Å². The molecular formula is C22H18F3N3O3S. The summed E-state index contributed by atoms with van der Waals surface area (Å²) in [7, 11) is 0. The van der Waals surface area contributed by atoms with Crippen LogP contribution in [0.2, 0.25) is 0 Å². The van der Waals surface area contributed by atoms with Crippen molar-refractivity contribution in [3.8, 4) is 17.0 Å². The Kier molecular flexibility index (Phi) is 4.96. The SMILES string of the molecule is O=C(c1nc2c(C(F)(F)F)cc(-c3ccoc3)cn2c1O)N1CCC(c2cccs2)CC1. The number of piperidine rings is 1. The number of imidazole rings is 1. The Labute approximate surface area is 184 Å². The highest BCUT2D eigenvalue weighted by molar-refractivity contribution is 7.10. The second-order valence-electron chi connectivity index (χ2n) is 7.71. The van der Waals surface area contributed by atoms with Crippen LogP contribution in [0.15, 0.2) is 52.8 Å². The number of halogens is 3. The van der Waals surface area contributed by atoms with Crippen LogP contribution >= 0.6 is 11.3 Å². The van der Waals surface area contributed by atoms with E-state index >= 15 is 0 Å². The van der Waals surface area contributed by atoms with Crippen molar-refractivity contribution in [1.82, 2.24) is 14.3 Å². The summed E-state index contributed by atoms with van der Waals surface area (Å²) in [4.78, 5) is 19.8. The van der Waals surface area contributed by atoms with Gasteiger partial charge in [-0.1, -0.05) is 6.07 Å². The number of hydrogen-bond donors (Lipinski definition) is 1. The van der Waals surface area contributed by atoms with Gasteiger partial charge in [0.05, 0.1) is 18.1 Å². The molecule has 0 atom stereocenters. The lowest BCUT2D eigenvalue weighted by atomic mass is 9.95. The van der Waals surface area contributed by atoms with Crippen molar-refractivity contribution in [1.29, 1.82) is 0 Å². The topological polar surface area (TPSA) is 71.0 Å². The van der Waals surface area contributed by atoms with Crippen LogP contribution in [0, 0.1) is 0 Å². The third-order valence-electron chi connectivity index (χ3n) is 5.79. The standard InChI is InChI=1S/C22H18F3N3O3S/c23-22(24,25)16-10-15(14-5-8-31-12-14)11-28-19(16)26-18(21(28)30)20(29)27-6-3-13(4-7-27)17-2-1-9-32-17/h1-2,5,8-13,30H,3-4,6-7H2. The number of thiophene rings is 1. The molecule has 0 aromatic carbocycles. The first-order chi connectivity index (χ1) is 15.3. The average Bonchev–Trinajstić information content (AvgIpc) is 3.54. The highest BCUT2D eigenvalue weighted by Crippen LogP contribution is 2.38. The number of aromatic hydroxyl groups is 1. The molecule has 0 aliphatic carbocycles. The molecule has 10 heteroatoms. The van der Waals surface area contributed by atoms with Gasteiger partial charge in [0.15, 0.2) is 11.3 Å². The summed E-state index contributed by atoms with van der Waals surface area (Å²) >= 11 is 1.67. The maximum Gasteiger partial charge on any atom is 0.420 e. The molecule has 6 nitrogen and oxygen atoms in total. The Morgan fingerprint density at radius 3 is 2.62 bits per heavy atom. The highest BCUT2D eigenvalue weighted by atomic mass is 32.1. The fourth-order valence-electron chi connectivity index (χ4n) is 4.11. The molecule has 1 N–H and O–H groups in total. The molecule has 4 aromatic rings. The molecule has 1 amide bonds. The number of aromatic nitrogens is 2. The fourth-order valence-corrected chi connectivity index (χ4v) is 5.01. The zero-order valence-corrected chi connectivity index (χ0v) is 17.5. The van der Waals surface area contributed by atoms with Crippen molar-refractivity contribution < 1.29 is 27.5 Å². The molecule has 5 heterocycles. The molecule has 0 radical (unpaired) electrons. The van der Waals surface area contributed by atoms with E-state index < -0.39 is 29.2 Å². The van der Waals surface area contributed by atoms with Gasteiger partial charge < -0.3 is 14.4 Å². The van der Waals surface area contributed by atoms with Crippen LogP contribution in [0.1, 0.15) is 39.7 Å². The maximum absolute atomic E-state index is 13.8. The number of nitrogens with zero attached hydrogens (tertiary/aromatic N) is 3. The number of amides is 1. The van der Waals surface area contributed by atoms with Crippen LogP contribution in [-0.4, -0.2) is 38.4 Å². The van der Waals surface area contributed by atoms with E-state index in [0.717, 1.165) is 23.3 Å². The molecule has 0 bridgehead atoms. The molecule has 1 aliphatic heterocycles. The predicted octanol–water partition coefficient (Wildman–Crippen LogP) is 5.40. The van der Waals surface area contributed by atoms with Crippen LogP contribution in [0.5, 0.6) is 5.88 Å². The first-order valence-corrected chi connectivity index (χ1v) is 10.9. The molecular weight excluding hydrogens is 443 g/mol. The van der Waals surface area contributed by atoms with Crippen LogP contribution in [0.25, 0.3) is 16.8 Å². The Morgan fingerprint density at radius 1 is 1.22 bits per heavy atom. The fraction of sp³-hybridized carbons (Fsp3) is 0.273. The van der Waals surface area contributed by atoms with Gasteiger partial charge in [-0.25, -0.2) is 4.98 Å². The summed E-state index contributed by atoms with van der Waals surface area (Å²) in [5.74, 6) is -0.835. The van der Waals surface area contributed by atoms with Crippen LogP contribution in [0.3, 0.4) is 0 Å². The molecule has 4 aromatic heterocycles. The zero-order valence-electron chi connectivity index (χ0n) is 16.7. The number of carbonyl (C=O) groups excluding carboxylic acids is 1. The number of pyridine rings is 1. The van der Waals surface area contributed by atoms with Crippen LogP contribution in [0.4, 0.5) is 13.2 Å². The van der Waals surface area contributed by atoms with Gasteiger partial charge in [0, 0.05) is 35.3 Å². The molecule has 166 valence electrons. The Balaban J connectivity index is 1.49. The van der Waals surface area contributed by atoms with Gasteiger partial charge in [-0.3, -0.25) is 9.20 Å². The lowest BCUT2D eigenvalue weighted by Crippen LogP contribution is -2.38. The second-order valence-corrected chi connectivity index (χ2v) is 8.69.